The van der Waals surface area contributed by atoms with E-state index in [-0.39, 0.29) is 30.8 Å². The summed E-state index contributed by atoms with van der Waals surface area (Å²) in [6.45, 7) is 10.6. The molecule has 3 aliphatic rings. The average molecular weight is 399 g/mol. The molecule has 1 unspecified atom stereocenters. The molecule has 160 valence electrons. The molecule has 2 bridgehead atoms. The van der Waals surface area contributed by atoms with Crippen molar-refractivity contribution in [3.8, 4) is 0 Å². The molecule has 0 aromatic carbocycles. The summed E-state index contributed by atoms with van der Waals surface area (Å²) >= 11 is 0. The maximum atomic E-state index is 12.9. The number of Topliss-reactive ketones (excluding diaryl/α,β-unsaturated/α-hetero) is 1. The van der Waals surface area contributed by atoms with Gasteiger partial charge < -0.3 is 19.5 Å². The van der Waals surface area contributed by atoms with Crippen molar-refractivity contribution in [1.29, 1.82) is 0 Å². The molecular weight excluding hydrogens is 364 g/mol. The van der Waals surface area contributed by atoms with Crippen LogP contribution in [-0.4, -0.2) is 73.3 Å². The lowest BCUT2D eigenvalue weighted by Crippen LogP contribution is -2.69. The number of methoxy groups -OCH3 is 1. The SMILES string of the molecule is COCC1(COC(=O)[C@@H](NC(=O)OC(C)(C)C)C(C)C)C(=O)C2CCN1CC2. The number of carbonyl (C=O) groups is 3. The van der Waals surface area contributed by atoms with Crippen LogP contribution in [0.15, 0.2) is 0 Å². The second kappa shape index (κ2) is 8.78. The molecule has 2 atom stereocenters. The van der Waals surface area contributed by atoms with Crippen LogP contribution in [0.5, 0.6) is 0 Å². The molecule has 1 amide bonds. The van der Waals surface area contributed by atoms with Crippen LogP contribution in [0.3, 0.4) is 0 Å². The number of hydrogen-bond acceptors (Lipinski definition) is 7. The molecule has 3 rings (SSSR count). The zero-order valence-corrected chi connectivity index (χ0v) is 17.9. The summed E-state index contributed by atoms with van der Waals surface area (Å²) in [6.07, 6.45) is 1.01. The first-order valence-corrected chi connectivity index (χ1v) is 9.94. The van der Waals surface area contributed by atoms with Gasteiger partial charge in [-0.15, -0.1) is 0 Å². The molecule has 0 aliphatic carbocycles. The highest BCUT2D eigenvalue weighted by atomic mass is 16.6. The number of ketones is 1. The van der Waals surface area contributed by atoms with Gasteiger partial charge in [-0.3, -0.25) is 9.69 Å². The maximum Gasteiger partial charge on any atom is 0.408 e. The fourth-order valence-electron chi connectivity index (χ4n) is 3.92. The summed E-state index contributed by atoms with van der Waals surface area (Å²) in [5.74, 6) is -0.690. The lowest BCUT2D eigenvalue weighted by molar-refractivity contribution is -0.169. The molecule has 1 N–H and O–H groups in total. The number of nitrogens with zero attached hydrogens (tertiary/aromatic N) is 1. The fourth-order valence-corrected chi connectivity index (χ4v) is 3.92. The fraction of sp³-hybridized carbons (Fsp3) is 0.850. The van der Waals surface area contributed by atoms with Crippen LogP contribution in [0.1, 0.15) is 47.5 Å². The number of amides is 1. The van der Waals surface area contributed by atoms with E-state index < -0.39 is 29.2 Å². The molecule has 8 nitrogen and oxygen atoms in total. The molecule has 28 heavy (non-hydrogen) atoms. The molecule has 0 radical (unpaired) electrons. The minimum Gasteiger partial charge on any atom is -0.462 e. The van der Waals surface area contributed by atoms with Crippen molar-refractivity contribution in [2.75, 3.05) is 33.4 Å². The number of alkyl carbamates (subject to hydrolysis) is 1. The Hall–Kier alpha value is -1.67. The van der Waals surface area contributed by atoms with Gasteiger partial charge in [-0.25, -0.2) is 9.59 Å². The van der Waals surface area contributed by atoms with Gasteiger partial charge in [0.05, 0.1) is 6.61 Å². The van der Waals surface area contributed by atoms with Crippen molar-refractivity contribution in [2.45, 2.75) is 64.6 Å². The first-order valence-electron chi connectivity index (χ1n) is 9.94. The summed E-state index contributed by atoms with van der Waals surface area (Å²) in [5.41, 5.74) is -1.60. The molecule has 0 saturated carbocycles. The van der Waals surface area contributed by atoms with E-state index in [0.717, 1.165) is 25.9 Å². The van der Waals surface area contributed by atoms with Crippen LogP contribution in [0.25, 0.3) is 0 Å². The predicted molar refractivity (Wildman–Crippen MR) is 103 cm³/mol. The molecule has 0 spiro atoms. The number of carbonyl (C=O) groups excluding carboxylic acids is 3. The van der Waals surface area contributed by atoms with E-state index in [2.05, 4.69) is 10.2 Å². The Morgan fingerprint density at radius 3 is 2.29 bits per heavy atom. The Morgan fingerprint density at radius 2 is 1.82 bits per heavy atom. The molecule has 8 heteroatoms. The van der Waals surface area contributed by atoms with E-state index in [1.165, 1.54) is 0 Å². The number of ether oxygens (including phenoxy) is 3. The highest BCUT2D eigenvalue weighted by molar-refractivity contribution is 5.93. The van der Waals surface area contributed by atoms with Gasteiger partial charge in [-0.05, 0) is 39.5 Å². The van der Waals surface area contributed by atoms with E-state index in [9.17, 15) is 14.4 Å². The third-order valence-corrected chi connectivity index (χ3v) is 5.36. The first-order chi connectivity index (χ1) is 13.0. The van der Waals surface area contributed by atoms with Crippen LogP contribution >= 0.6 is 0 Å². The van der Waals surface area contributed by atoms with Gasteiger partial charge in [-0.1, -0.05) is 13.8 Å². The van der Waals surface area contributed by atoms with Crippen LogP contribution in [0.4, 0.5) is 4.79 Å². The van der Waals surface area contributed by atoms with Gasteiger partial charge in [0.25, 0.3) is 0 Å². The predicted octanol–water partition coefficient (Wildman–Crippen LogP) is 1.76. The molecule has 0 aromatic heterocycles. The summed E-state index contributed by atoms with van der Waals surface area (Å²) < 4.78 is 16.1. The van der Waals surface area contributed by atoms with Crippen LogP contribution < -0.4 is 5.32 Å². The van der Waals surface area contributed by atoms with Crippen LogP contribution in [0.2, 0.25) is 0 Å². The van der Waals surface area contributed by atoms with Crippen LogP contribution in [0, 0.1) is 11.8 Å². The molecular formula is C20H34N2O6. The van der Waals surface area contributed by atoms with Crippen molar-refractivity contribution in [3.05, 3.63) is 0 Å². The average Bonchev–Trinajstić information content (AvgIpc) is 2.60. The minimum atomic E-state index is -0.932. The smallest absolute Gasteiger partial charge is 0.408 e. The lowest BCUT2D eigenvalue weighted by atomic mass is 9.74. The van der Waals surface area contributed by atoms with E-state index in [0.29, 0.717) is 0 Å². The topological polar surface area (TPSA) is 94.2 Å². The summed E-state index contributed by atoms with van der Waals surface area (Å²) in [6, 6.07) is -0.861. The van der Waals surface area contributed by atoms with Crippen molar-refractivity contribution in [2.24, 2.45) is 11.8 Å². The van der Waals surface area contributed by atoms with Gasteiger partial charge >= 0.3 is 12.1 Å². The van der Waals surface area contributed by atoms with Gasteiger partial charge in [0.1, 0.15) is 23.8 Å². The third-order valence-electron chi connectivity index (χ3n) is 5.36. The number of nitrogens with one attached hydrogen (secondary N) is 1. The highest BCUT2D eigenvalue weighted by Crippen LogP contribution is 2.37. The van der Waals surface area contributed by atoms with E-state index in [1.807, 2.05) is 13.8 Å². The largest absolute Gasteiger partial charge is 0.462 e. The quantitative estimate of drug-likeness (QED) is 0.653. The maximum absolute atomic E-state index is 12.9. The highest BCUT2D eigenvalue weighted by Gasteiger charge is 2.54. The normalized spacial score (nSPS) is 28.2. The molecule has 3 fully saturated rings. The summed E-state index contributed by atoms with van der Waals surface area (Å²) in [5, 5.41) is 2.58. The zero-order chi connectivity index (χ0) is 21.1. The Morgan fingerprint density at radius 1 is 1.21 bits per heavy atom. The number of esters is 1. The van der Waals surface area contributed by atoms with Gasteiger partial charge in [-0.2, -0.15) is 0 Å². The second-order valence-corrected chi connectivity index (χ2v) is 9.07. The van der Waals surface area contributed by atoms with Crippen molar-refractivity contribution in [1.82, 2.24) is 10.2 Å². The summed E-state index contributed by atoms with van der Waals surface area (Å²) in [4.78, 5) is 39.8. The number of piperidine rings is 3. The zero-order valence-electron chi connectivity index (χ0n) is 17.9. The van der Waals surface area contributed by atoms with Gasteiger partial charge in [0.2, 0.25) is 0 Å². The minimum absolute atomic E-state index is 0.000337. The van der Waals surface area contributed by atoms with Crippen molar-refractivity contribution < 1.29 is 28.6 Å². The Labute approximate surface area is 167 Å². The van der Waals surface area contributed by atoms with Crippen molar-refractivity contribution in [3.63, 3.8) is 0 Å². The molecule has 3 saturated heterocycles. The second-order valence-electron chi connectivity index (χ2n) is 9.07. The van der Waals surface area contributed by atoms with E-state index >= 15 is 0 Å². The Kier molecular flexibility index (Phi) is 7.09. The standard InChI is InChI=1S/C20H34N2O6/c1-13(2)15(21-18(25)28-19(3,4)5)17(24)27-12-20(11-26-6)16(23)14-7-9-22(20)10-8-14/h13-15H,7-12H2,1-6H3,(H,21,25)/t15-,20?/m0/s1. The molecule has 3 heterocycles. The lowest BCUT2D eigenvalue weighted by Gasteiger charge is -2.51. The number of hydrogen-bond donors (Lipinski definition) is 1. The Balaban J connectivity index is 2.06. The van der Waals surface area contributed by atoms with E-state index in [1.54, 1.807) is 27.9 Å². The monoisotopic (exact) mass is 398 g/mol. The Bertz CT molecular complexity index is 592. The summed E-state index contributed by atoms with van der Waals surface area (Å²) in [7, 11) is 1.54. The van der Waals surface area contributed by atoms with Crippen molar-refractivity contribution >= 4 is 17.8 Å². The third kappa shape index (κ3) is 5.03. The first kappa shape index (κ1) is 22.6. The molecule has 0 aromatic rings. The molecule has 3 aliphatic heterocycles. The van der Waals surface area contributed by atoms with Gasteiger partial charge in [0.15, 0.2) is 5.78 Å². The van der Waals surface area contributed by atoms with Crippen LogP contribution in [-0.2, 0) is 23.8 Å². The number of fused-ring (bicyclic) bond motifs is 3. The number of rotatable bonds is 7. The van der Waals surface area contributed by atoms with Gasteiger partial charge in [0, 0.05) is 26.1 Å². The van der Waals surface area contributed by atoms with E-state index in [4.69, 9.17) is 14.2 Å².